The number of anilines is 1. The summed E-state index contributed by atoms with van der Waals surface area (Å²) >= 11 is 0. The Balaban J connectivity index is 2.14. The van der Waals surface area contributed by atoms with Crippen LogP contribution in [0.2, 0.25) is 0 Å². The van der Waals surface area contributed by atoms with Crippen LogP contribution in [-0.4, -0.2) is 27.1 Å². The number of esters is 1. The summed E-state index contributed by atoms with van der Waals surface area (Å²) in [4.78, 5) is 20.4. The smallest absolute Gasteiger partial charge is 0.338 e. The molecule has 2 N–H and O–H groups in total. The van der Waals surface area contributed by atoms with E-state index < -0.39 is 0 Å². The molecule has 0 spiro atoms. The van der Waals surface area contributed by atoms with Crippen molar-refractivity contribution in [2.45, 2.75) is 33.2 Å². The lowest BCUT2D eigenvalue weighted by atomic mass is 10.0. The number of nitrogens with zero attached hydrogens (tertiary/aromatic N) is 3. The highest BCUT2D eigenvalue weighted by Crippen LogP contribution is 2.35. The van der Waals surface area contributed by atoms with Crippen LogP contribution < -0.4 is 5.73 Å². The predicted octanol–water partition coefficient (Wildman–Crippen LogP) is 3.61. The standard InChI is InChI=1S/C19H22N4O2/c1-5-25-18(24)13-8-6-12(7-9-13)14-10-23(19(2,3)4)17-15(14)16(20)21-11-22-17/h6-11H,5H2,1-4H3,(H2,20,21,22). The molecular weight excluding hydrogens is 316 g/mol. The maximum atomic E-state index is 11.8. The Morgan fingerprint density at radius 3 is 2.48 bits per heavy atom. The van der Waals surface area contributed by atoms with Gasteiger partial charge in [-0.2, -0.15) is 0 Å². The Morgan fingerprint density at radius 1 is 1.20 bits per heavy atom. The van der Waals surface area contributed by atoms with E-state index in [0.29, 0.717) is 18.0 Å². The number of rotatable bonds is 3. The van der Waals surface area contributed by atoms with Crippen molar-refractivity contribution in [1.29, 1.82) is 0 Å². The summed E-state index contributed by atoms with van der Waals surface area (Å²) in [5, 5.41) is 0.821. The third-order valence-corrected chi connectivity index (χ3v) is 4.04. The second-order valence-electron chi connectivity index (χ2n) is 6.84. The summed E-state index contributed by atoms with van der Waals surface area (Å²) in [5.74, 6) is 0.117. The van der Waals surface area contributed by atoms with Gasteiger partial charge in [0.2, 0.25) is 0 Å². The third kappa shape index (κ3) is 3.07. The maximum Gasteiger partial charge on any atom is 0.338 e. The van der Waals surface area contributed by atoms with Crippen molar-refractivity contribution in [3.8, 4) is 11.1 Å². The largest absolute Gasteiger partial charge is 0.462 e. The first-order valence-electron chi connectivity index (χ1n) is 8.22. The quantitative estimate of drug-likeness (QED) is 0.738. The number of hydrogen-bond acceptors (Lipinski definition) is 5. The fourth-order valence-electron chi connectivity index (χ4n) is 2.82. The molecule has 0 atom stereocenters. The van der Waals surface area contributed by atoms with E-state index in [1.54, 1.807) is 19.1 Å². The molecule has 0 amide bonds. The number of nitrogen functional groups attached to an aromatic ring is 1. The third-order valence-electron chi connectivity index (χ3n) is 4.04. The monoisotopic (exact) mass is 338 g/mol. The van der Waals surface area contributed by atoms with Crippen LogP contribution in [0, 0.1) is 0 Å². The molecule has 1 aromatic carbocycles. The molecule has 0 bridgehead atoms. The number of fused-ring (bicyclic) bond motifs is 1. The Morgan fingerprint density at radius 2 is 1.88 bits per heavy atom. The number of hydrogen-bond donors (Lipinski definition) is 1. The average Bonchev–Trinajstić information content (AvgIpc) is 2.96. The van der Waals surface area contributed by atoms with Gasteiger partial charge in [0.25, 0.3) is 0 Å². The van der Waals surface area contributed by atoms with Gasteiger partial charge in [-0.05, 0) is 45.4 Å². The molecule has 0 aliphatic rings. The molecule has 3 rings (SSSR count). The SMILES string of the molecule is CCOC(=O)c1ccc(-c2cn(C(C)(C)C)c3ncnc(N)c23)cc1. The first kappa shape index (κ1) is 17.0. The van der Waals surface area contributed by atoms with E-state index in [2.05, 4.69) is 35.3 Å². The number of nitrogens with two attached hydrogens (primary N) is 1. The van der Waals surface area contributed by atoms with E-state index in [1.807, 2.05) is 18.3 Å². The second kappa shape index (κ2) is 6.20. The van der Waals surface area contributed by atoms with Crippen LogP contribution in [0.4, 0.5) is 5.82 Å². The van der Waals surface area contributed by atoms with Gasteiger partial charge in [-0.3, -0.25) is 0 Å². The van der Waals surface area contributed by atoms with Crippen LogP contribution in [-0.2, 0) is 10.3 Å². The average molecular weight is 338 g/mol. The normalized spacial score (nSPS) is 11.7. The molecule has 0 saturated carbocycles. The van der Waals surface area contributed by atoms with E-state index in [4.69, 9.17) is 10.5 Å². The predicted molar refractivity (Wildman–Crippen MR) is 98.3 cm³/mol. The zero-order chi connectivity index (χ0) is 18.2. The summed E-state index contributed by atoms with van der Waals surface area (Å²) in [7, 11) is 0. The Labute approximate surface area is 146 Å². The van der Waals surface area contributed by atoms with Gasteiger partial charge >= 0.3 is 5.97 Å². The van der Waals surface area contributed by atoms with Crippen molar-refractivity contribution in [3.63, 3.8) is 0 Å². The topological polar surface area (TPSA) is 83.0 Å². The minimum Gasteiger partial charge on any atom is -0.462 e. The van der Waals surface area contributed by atoms with E-state index in [1.165, 1.54) is 6.33 Å². The van der Waals surface area contributed by atoms with Crippen molar-refractivity contribution < 1.29 is 9.53 Å². The van der Waals surface area contributed by atoms with Gasteiger partial charge in [0.15, 0.2) is 0 Å². The van der Waals surface area contributed by atoms with Crippen molar-refractivity contribution in [2.24, 2.45) is 0 Å². The summed E-state index contributed by atoms with van der Waals surface area (Å²) in [6.07, 6.45) is 3.52. The lowest BCUT2D eigenvalue weighted by Gasteiger charge is -2.21. The first-order valence-corrected chi connectivity index (χ1v) is 8.22. The molecule has 0 aliphatic heterocycles. The molecule has 0 unspecified atom stereocenters. The summed E-state index contributed by atoms with van der Waals surface area (Å²) in [6.45, 7) is 8.47. The molecule has 25 heavy (non-hydrogen) atoms. The molecule has 6 heteroatoms. The van der Waals surface area contributed by atoms with Gasteiger partial charge in [0, 0.05) is 17.3 Å². The number of aromatic nitrogens is 3. The second-order valence-corrected chi connectivity index (χ2v) is 6.84. The van der Waals surface area contributed by atoms with Crippen LogP contribution in [0.3, 0.4) is 0 Å². The first-order chi connectivity index (χ1) is 11.8. The Bertz CT molecular complexity index is 921. The van der Waals surface area contributed by atoms with Gasteiger partial charge < -0.3 is 15.0 Å². The molecule has 130 valence electrons. The minimum absolute atomic E-state index is 0.151. The van der Waals surface area contributed by atoms with Crippen LogP contribution in [0.25, 0.3) is 22.2 Å². The van der Waals surface area contributed by atoms with Gasteiger partial charge in [-0.15, -0.1) is 0 Å². The van der Waals surface area contributed by atoms with Crippen molar-refractivity contribution in [1.82, 2.24) is 14.5 Å². The number of carbonyl (C=O) groups excluding carboxylic acids is 1. The van der Waals surface area contributed by atoms with E-state index in [-0.39, 0.29) is 11.5 Å². The molecule has 6 nitrogen and oxygen atoms in total. The molecular formula is C19H22N4O2. The molecule has 2 heterocycles. The number of carbonyl (C=O) groups is 1. The molecule has 0 radical (unpaired) electrons. The van der Waals surface area contributed by atoms with E-state index in [0.717, 1.165) is 22.2 Å². The Hall–Kier alpha value is -2.89. The minimum atomic E-state index is -0.325. The van der Waals surface area contributed by atoms with Crippen LogP contribution >= 0.6 is 0 Å². The lowest BCUT2D eigenvalue weighted by Crippen LogP contribution is -2.21. The number of ether oxygens (including phenoxy) is 1. The van der Waals surface area contributed by atoms with Crippen LogP contribution in [0.1, 0.15) is 38.1 Å². The van der Waals surface area contributed by atoms with E-state index in [9.17, 15) is 4.79 Å². The van der Waals surface area contributed by atoms with Gasteiger partial charge in [0.1, 0.15) is 17.8 Å². The van der Waals surface area contributed by atoms with Crippen molar-refractivity contribution >= 4 is 22.8 Å². The van der Waals surface area contributed by atoms with Crippen LogP contribution in [0.15, 0.2) is 36.8 Å². The Kier molecular flexibility index (Phi) is 4.20. The highest BCUT2D eigenvalue weighted by Gasteiger charge is 2.22. The molecule has 2 aromatic heterocycles. The fraction of sp³-hybridized carbons (Fsp3) is 0.316. The molecule has 0 aliphatic carbocycles. The molecule has 3 aromatic rings. The van der Waals surface area contributed by atoms with E-state index >= 15 is 0 Å². The fourth-order valence-corrected chi connectivity index (χ4v) is 2.82. The van der Waals surface area contributed by atoms with Gasteiger partial charge in [-0.1, -0.05) is 12.1 Å². The summed E-state index contributed by atoms with van der Waals surface area (Å²) in [6, 6.07) is 7.29. The van der Waals surface area contributed by atoms with Gasteiger partial charge in [-0.25, -0.2) is 14.8 Å². The number of benzene rings is 1. The van der Waals surface area contributed by atoms with Crippen molar-refractivity contribution in [2.75, 3.05) is 12.3 Å². The lowest BCUT2D eigenvalue weighted by molar-refractivity contribution is 0.0526. The molecule has 0 fully saturated rings. The highest BCUT2D eigenvalue weighted by atomic mass is 16.5. The maximum absolute atomic E-state index is 11.8. The van der Waals surface area contributed by atoms with Crippen molar-refractivity contribution in [3.05, 3.63) is 42.4 Å². The summed E-state index contributed by atoms with van der Waals surface area (Å²) < 4.78 is 7.12. The summed E-state index contributed by atoms with van der Waals surface area (Å²) in [5.41, 5.74) is 9.19. The zero-order valence-electron chi connectivity index (χ0n) is 14.9. The van der Waals surface area contributed by atoms with Crippen LogP contribution in [0.5, 0.6) is 0 Å². The van der Waals surface area contributed by atoms with Gasteiger partial charge in [0.05, 0.1) is 17.6 Å². The highest BCUT2D eigenvalue weighted by molar-refractivity contribution is 6.01. The zero-order valence-corrected chi connectivity index (χ0v) is 14.9. The molecule has 0 saturated heterocycles.